The molecule has 4 nitrogen and oxygen atoms in total. The maximum atomic E-state index is 6.14. The lowest BCUT2D eigenvalue weighted by Crippen LogP contribution is -2.38. The number of morpholine rings is 1. The van der Waals surface area contributed by atoms with Crippen molar-refractivity contribution in [3.05, 3.63) is 71.8 Å². The molecule has 2 aromatic rings. The summed E-state index contributed by atoms with van der Waals surface area (Å²) in [4.78, 5) is 5.01. The average Bonchev–Trinajstić information content (AvgIpc) is 3.20. The molecule has 4 heteroatoms. The number of hydrogen-bond donors (Lipinski definition) is 0. The van der Waals surface area contributed by atoms with Crippen molar-refractivity contribution >= 4 is 0 Å². The van der Waals surface area contributed by atoms with Gasteiger partial charge in [0.2, 0.25) is 0 Å². The van der Waals surface area contributed by atoms with E-state index in [0.717, 1.165) is 45.8 Å². The number of rotatable bonds is 6. The van der Waals surface area contributed by atoms with E-state index < -0.39 is 0 Å². The second-order valence-corrected chi connectivity index (χ2v) is 7.14. The summed E-state index contributed by atoms with van der Waals surface area (Å²) >= 11 is 0. The summed E-state index contributed by atoms with van der Waals surface area (Å²) in [7, 11) is 0. The quantitative estimate of drug-likeness (QED) is 0.795. The zero-order chi connectivity index (χ0) is 17.6. The summed E-state index contributed by atoms with van der Waals surface area (Å²) in [6.45, 7) is 6.57. The smallest absolute Gasteiger partial charge is 0.100 e. The normalized spacial score (nSPS) is 23.2. The van der Waals surface area contributed by atoms with Crippen LogP contribution in [0.25, 0.3) is 0 Å². The number of hydrogen-bond acceptors (Lipinski definition) is 4. The predicted molar refractivity (Wildman–Crippen MR) is 103 cm³/mol. The average molecular weight is 352 g/mol. The van der Waals surface area contributed by atoms with E-state index in [-0.39, 0.29) is 6.10 Å². The highest BCUT2D eigenvalue weighted by atomic mass is 16.5. The second-order valence-electron chi connectivity index (χ2n) is 7.14. The molecular formula is C22H28N2O2. The molecule has 4 rings (SSSR count). The molecule has 0 saturated carbocycles. The summed E-state index contributed by atoms with van der Waals surface area (Å²) in [6, 6.07) is 21.8. The number of benzene rings is 2. The largest absolute Gasteiger partial charge is 0.379 e. The van der Waals surface area contributed by atoms with E-state index in [1.54, 1.807) is 0 Å². The van der Waals surface area contributed by atoms with Gasteiger partial charge in [0.1, 0.15) is 6.73 Å². The van der Waals surface area contributed by atoms with Crippen molar-refractivity contribution in [2.75, 3.05) is 46.1 Å². The van der Waals surface area contributed by atoms with Crippen molar-refractivity contribution in [2.45, 2.75) is 18.6 Å². The molecule has 0 radical (unpaired) electrons. The Morgan fingerprint density at radius 1 is 0.923 bits per heavy atom. The van der Waals surface area contributed by atoms with Crippen LogP contribution in [0.4, 0.5) is 0 Å². The topological polar surface area (TPSA) is 24.9 Å². The Labute approximate surface area is 156 Å². The fraction of sp³-hybridized carbons (Fsp3) is 0.455. The summed E-state index contributed by atoms with van der Waals surface area (Å²) in [6.07, 6.45) is 1.29. The summed E-state index contributed by atoms with van der Waals surface area (Å²) in [5.74, 6) is 0. The van der Waals surface area contributed by atoms with Crippen LogP contribution in [0.2, 0.25) is 0 Å². The molecule has 2 aromatic carbocycles. The Hall–Kier alpha value is -1.72. The van der Waals surface area contributed by atoms with E-state index >= 15 is 0 Å². The number of ether oxygens (including phenoxy) is 2. The van der Waals surface area contributed by atoms with Crippen LogP contribution >= 0.6 is 0 Å². The zero-order valence-electron chi connectivity index (χ0n) is 15.3. The minimum atomic E-state index is 0.172. The molecule has 0 aromatic heterocycles. The van der Waals surface area contributed by atoms with Gasteiger partial charge in [0.25, 0.3) is 0 Å². The van der Waals surface area contributed by atoms with Crippen molar-refractivity contribution < 1.29 is 9.47 Å². The van der Waals surface area contributed by atoms with Crippen LogP contribution < -0.4 is 0 Å². The lowest BCUT2D eigenvalue weighted by atomic mass is 10.0. The van der Waals surface area contributed by atoms with Crippen LogP contribution in [0.15, 0.2) is 60.7 Å². The van der Waals surface area contributed by atoms with Crippen LogP contribution in [-0.4, -0.2) is 55.9 Å². The highest BCUT2D eigenvalue weighted by molar-refractivity contribution is 5.21. The highest BCUT2D eigenvalue weighted by Gasteiger charge is 2.31. The maximum absolute atomic E-state index is 6.14. The Kier molecular flexibility index (Phi) is 5.97. The Balaban J connectivity index is 1.44. The Morgan fingerprint density at radius 2 is 1.62 bits per heavy atom. The standard InChI is InChI=1S/C22H28N2O2/c1-3-7-19(8-4-1)21(11-12-23-13-15-25-16-14-23)24-17-22(26-18-24)20-9-5-2-6-10-20/h1-10,21-22H,11-18H2. The van der Waals surface area contributed by atoms with Crippen LogP contribution in [-0.2, 0) is 9.47 Å². The fourth-order valence-electron chi connectivity index (χ4n) is 3.96. The minimum absolute atomic E-state index is 0.172. The van der Waals surface area contributed by atoms with Gasteiger partial charge in [0.05, 0.1) is 19.3 Å². The molecule has 2 heterocycles. The summed E-state index contributed by atoms with van der Waals surface area (Å²) < 4.78 is 11.6. The molecule has 0 aliphatic carbocycles. The Morgan fingerprint density at radius 3 is 2.35 bits per heavy atom. The van der Waals surface area contributed by atoms with Crippen molar-refractivity contribution in [1.29, 1.82) is 0 Å². The third-order valence-corrected chi connectivity index (χ3v) is 5.46. The van der Waals surface area contributed by atoms with E-state index in [2.05, 4.69) is 70.5 Å². The van der Waals surface area contributed by atoms with E-state index in [9.17, 15) is 0 Å². The van der Waals surface area contributed by atoms with E-state index in [0.29, 0.717) is 12.8 Å². The Bertz CT molecular complexity index is 658. The number of nitrogens with zero attached hydrogens (tertiary/aromatic N) is 2. The molecule has 2 aliphatic heterocycles. The molecule has 2 atom stereocenters. The lowest BCUT2D eigenvalue weighted by Gasteiger charge is -2.31. The maximum Gasteiger partial charge on any atom is 0.100 e. The molecule has 2 aliphatic rings. The molecule has 0 amide bonds. The monoisotopic (exact) mass is 352 g/mol. The van der Waals surface area contributed by atoms with Crippen LogP contribution in [0.5, 0.6) is 0 Å². The third kappa shape index (κ3) is 4.33. The van der Waals surface area contributed by atoms with Crippen LogP contribution in [0, 0.1) is 0 Å². The fourth-order valence-corrected chi connectivity index (χ4v) is 3.96. The van der Waals surface area contributed by atoms with Gasteiger partial charge in [-0.05, 0) is 17.5 Å². The van der Waals surface area contributed by atoms with E-state index in [1.165, 1.54) is 11.1 Å². The SMILES string of the molecule is c1ccc(C2CN(C(CCN3CCOCC3)c3ccccc3)CO2)cc1. The van der Waals surface area contributed by atoms with Gasteiger partial charge in [-0.3, -0.25) is 9.80 Å². The van der Waals surface area contributed by atoms with Gasteiger partial charge in [0.15, 0.2) is 0 Å². The molecule has 26 heavy (non-hydrogen) atoms. The molecule has 0 bridgehead atoms. The second kappa shape index (κ2) is 8.78. The van der Waals surface area contributed by atoms with Crippen LogP contribution in [0.1, 0.15) is 29.7 Å². The minimum Gasteiger partial charge on any atom is -0.379 e. The zero-order valence-corrected chi connectivity index (χ0v) is 15.3. The van der Waals surface area contributed by atoms with Crippen LogP contribution in [0.3, 0.4) is 0 Å². The van der Waals surface area contributed by atoms with Crippen molar-refractivity contribution in [1.82, 2.24) is 9.80 Å². The molecular weight excluding hydrogens is 324 g/mol. The van der Waals surface area contributed by atoms with Crippen molar-refractivity contribution in [3.8, 4) is 0 Å². The summed E-state index contributed by atoms with van der Waals surface area (Å²) in [5.41, 5.74) is 2.66. The molecule has 138 valence electrons. The summed E-state index contributed by atoms with van der Waals surface area (Å²) in [5, 5.41) is 0. The van der Waals surface area contributed by atoms with Gasteiger partial charge < -0.3 is 9.47 Å². The van der Waals surface area contributed by atoms with Gasteiger partial charge in [-0.25, -0.2) is 0 Å². The molecule has 0 spiro atoms. The predicted octanol–water partition coefficient (Wildman–Crippen LogP) is 3.48. The van der Waals surface area contributed by atoms with Gasteiger partial charge >= 0.3 is 0 Å². The molecule has 2 saturated heterocycles. The lowest BCUT2D eigenvalue weighted by molar-refractivity contribution is 0.0306. The van der Waals surface area contributed by atoms with E-state index in [4.69, 9.17) is 9.47 Å². The highest BCUT2D eigenvalue weighted by Crippen LogP contribution is 2.33. The van der Waals surface area contributed by atoms with E-state index in [1.807, 2.05) is 0 Å². The van der Waals surface area contributed by atoms with Gasteiger partial charge in [-0.2, -0.15) is 0 Å². The van der Waals surface area contributed by atoms with Crippen molar-refractivity contribution in [3.63, 3.8) is 0 Å². The molecule has 0 N–H and O–H groups in total. The van der Waals surface area contributed by atoms with Gasteiger partial charge in [0, 0.05) is 32.2 Å². The van der Waals surface area contributed by atoms with Crippen molar-refractivity contribution in [2.24, 2.45) is 0 Å². The first-order chi connectivity index (χ1) is 12.9. The first-order valence-electron chi connectivity index (χ1n) is 9.66. The molecule has 2 fully saturated rings. The first-order valence-corrected chi connectivity index (χ1v) is 9.66. The van der Waals surface area contributed by atoms with Gasteiger partial charge in [-0.15, -0.1) is 0 Å². The third-order valence-electron chi connectivity index (χ3n) is 5.46. The van der Waals surface area contributed by atoms with Gasteiger partial charge in [-0.1, -0.05) is 60.7 Å². The first kappa shape index (κ1) is 17.7. The molecule has 2 unspecified atom stereocenters.